The minimum atomic E-state index is -0.188. The molecule has 3 aromatic rings. The van der Waals surface area contributed by atoms with Gasteiger partial charge in [0.25, 0.3) is 5.91 Å². The molecule has 0 atom stereocenters. The van der Waals surface area contributed by atoms with E-state index in [1.54, 1.807) is 6.20 Å². The van der Waals surface area contributed by atoms with Crippen LogP contribution in [0.1, 0.15) is 29.9 Å². The molecule has 25 heavy (non-hydrogen) atoms. The van der Waals surface area contributed by atoms with Crippen molar-refractivity contribution in [2.75, 3.05) is 18.4 Å². The molecule has 3 N–H and O–H groups in total. The molecule has 6 nitrogen and oxygen atoms in total. The SMILES string of the molecule is CC(C)CNC(=O)c1cnc(NCCc2c[nH]c3ccccc23)cn1. The summed E-state index contributed by atoms with van der Waals surface area (Å²) < 4.78 is 0. The number of nitrogens with one attached hydrogen (secondary N) is 3. The Kier molecular flexibility index (Phi) is 5.28. The normalized spacial score (nSPS) is 11.0. The van der Waals surface area contributed by atoms with Crippen LogP contribution in [0, 0.1) is 5.92 Å². The molecule has 0 aliphatic heterocycles. The highest BCUT2D eigenvalue weighted by atomic mass is 16.1. The van der Waals surface area contributed by atoms with E-state index in [1.807, 2.05) is 32.2 Å². The highest BCUT2D eigenvalue weighted by Crippen LogP contribution is 2.18. The van der Waals surface area contributed by atoms with Gasteiger partial charge in [-0.3, -0.25) is 4.79 Å². The highest BCUT2D eigenvalue weighted by Gasteiger charge is 2.08. The number of carbonyl (C=O) groups is 1. The first-order chi connectivity index (χ1) is 12.1. The monoisotopic (exact) mass is 337 g/mol. The first-order valence-electron chi connectivity index (χ1n) is 8.52. The first-order valence-corrected chi connectivity index (χ1v) is 8.52. The van der Waals surface area contributed by atoms with Crippen molar-refractivity contribution >= 4 is 22.6 Å². The van der Waals surface area contributed by atoms with Crippen molar-refractivity contribution in [3.8, 4) is 0 Å². The van der Waals surface area contributed by atoms with E-state index in [2.05, 4.69) is 37.7 Å². The second-order valence-corrected chi connectivity index (χ2v) is 6.43. The number of rotatable bonds is 7. The van der Waals surface area contributed by atoms with Gasteiger partial charge in [0.15, 0.2) is 0 Å². The number of amides is 1. The Morgan fingerprint density at radius 1 is 1.20 bits per heavy atom. The van der Waals surface area contributed by atoms with Gasteiger partial charge in [-0.25, -0.2) is 9.97 Å². The summed E-state index contributed by atoms with van der Waals surface area (Å²) in [6.07, 6.45) is 6.02. The molecule has 1 amide bonds. The topological polar surface area (TPSA) is 82.7 Å². The molecule has 6 heteroatoms. The lowest BCUT2D eigenvalue weighted by molar-refractivity contribution is 0.0943. The molecule has 0 radical (unpaired) electrons. The van der Waals surface area contributed by atoms with Crippen LogP contribution < -0.4 is 10.6 Å². The van der Waals surface area contributed by atoms with E-state index in [0.717, 1.165) is 18.5 Å². The summed E-state index contributed by atoms with van der Waals surface area (Å²) in [5, 5.41) is 7.32. The molecular weight excluding hydrogens is 314 g/mol. The molecule has 0 unspecified atom stereocenters. The number of nitrogens with zero attached hydrogens (tertiary/aromatic N) is 2. The Hall–Kier alpha value is -2.89. The fourth-order valence-electron chi connectivity index (χ4n) is 2.59. The molecule has 0 fully saturated rings. The molecule has 3 rings (SSSR count). The van der Waals surface area contributed by atoms with Gasteiger partial charge in [-0.2, -0.15) is 0 Å². The summed E-state index contributed by atoms with van der Waals surface area (Å²) in [4.78, 5) is 23.6. The Labute approximate surface area is 147 Å². The highest BCUT2D eigenvalue weighted by molar-refractivity contribution is 5.92. The minimum Gasteiger partial charge on any atom is -0.368 e. The number of aromatic nitrogens is 3. The van der Waals surface area contributed by atoms with Crippen LogP contribution in [0.4, 0.5) is 5.82 Å². The summed E-state index contributed by atoms with van der Waals surface area (Å²) in [7, 11) is 0. The fourth-order valence-corrected chi connectivity index (χ4v) is 2.59. The Morgan fingerprint density at radius 2 is 2.04 bits per heavy atom. The van der Waals surface area contributed by atoms with Crippen LogP contribution in [-0.2, 0) is 6.42 Å². The second-order valence-electron chi connectivity index (χ2n) is 6.43. The first kappa shape index (κ1) is 17.0. The Morgan fingerprint density at radius 3 is 2.80 bits per heavy atom. The van der Waals surface area contributed by atoms with Gasteiger partial charge in [-0.1, -0.05) is 32.0 Å². The van der Waals surface area contributed by atoms with E-state index in [0.29, 0.717) is 24.0 Å². The lowest BCUT2D eigenvalue weighted by Gasteiger charge is -2.08. The number of aromatic amines is 1. The Balaban J connectivity index is 1.53. The lowest BCUT2D eigenvalue weighted by Crippen LogP contribution is -2.28. The van der Waals surface area contributed by atoms with Crippen LogP contribution in [-0.4, -0.2) is 33.9 Å². The lowest BCUT2D eigenvalue weighted by atomic mass is 10.1. The molecule has 0 aliphatic rings. The van der Waals surface area contributed by atoms with Crippen LogP contribution in [0.5, 0.6) is 0 Å². The largest absolute Gasteiger partial charge is 0.368 e. The van der Waals surface area contributed by atoms with Crippen molar-refractivity contribution in [2.24, 2.45) is 5.92 Å². The number of H-pyrrole nitrogens is 1. The summed E-state index contributed by atoms with van der Waals surface area (Å²) in [5.74, 6) is 0.883. The van der Waals surface area contributed by atoms with Crippen molar-refractivity contribution in [1.29, 1.82) is 0 Å². The van der Waals surface area contributed by atoms with Crippen LogP contribution in [0.25, 0.3) is 10.9 Å². The van der Waals surface area contributed by atoms with Gasteiger partial charge in [0.2, 0.25) is 0 Å². The van der Waals surface area contributed by atoms with Gasteiger partial charge in [-0.15, -0.1) is 0 Å². The quantitative estimate of drug-likeness (QED) is 0.619. The van der Waals surface area contributed by atoms with E-state index < -0.39 is 0 Å². The zero-order chi connectivity index (χ0) is 17.6. The number of benzene rings is 1. The standard InChI is InChI=1S/C19H23N5O/c1-13(2)9-24-19(25)17-11-23-18(12-22-17)20-8-7-14-10-21-16-6-4-3-5-15(14)16/h3-6,10-13,21H,7-9H2,1-2H3,(H,20,23)(H,24,25). The van der Waals surface area contributed by atoms with E-state index in [9.17, 15) is 4.79 Å². The zero-order valence-corrected chi connectivity index (χ0v) is 14.5. The number of carbonyl (C=O) groups excluding carboxylic acids is 1. The van der Waals surface area contributed by atoms with E-state index in [4.69, 9.17) is 0 Å². The van der Waals surface area contributed by atoms with E-state index >= 15 is 0 Å². The molecule has 1 aromatic carbocycles. The maximum atomic E-state index is 11.9. The van der Waals surface area contributed by atoms with E-state index in [1.165, 1.54) is 17.1 Å². The second kappa shape index (κ2) is 7.79. The average Bonchev–Trinajstić information content (AvgIpc) is 3.03. The van der Waals surface area contributed by atoms with Crippen LogP contribution in [0.15, 0.2) is 42.9 Å². The number of fused-ring (bicyclic) bond motifs is 1. The molecule has 2 aromatic heterocycles. The molecule has 2 heterocycles. The number of para-hydroxylation sites is 1. The summed E-state index contributed by atoms with van der Waals surface area (Å²) in [5.41, 5.74) is 2.75. The van der Waals surface area contributed by atoms with Crippen LogP contribution in [0.3, 0.4) is 0 Å². The van der Waals surface area contributed by atoms with Crippen LogP contribution in [0.2, 0.25) is 0 Å². The summed E-state index contributed by atoms with van der Waals surface area (Å²) in [6.45, 7) is 5.47. The fraction of sp³-hybridized carbons (Fsp3) is 0.316. The maximum absolute atomic E-state index is 11.9. The van der Waals surface area contributed by atoms with Gasteiger partial charge in [-0.05, 0) is 24.0 Å². The Bertz CT molecular complexity index is 838. The minimum absolute atomic E-state index is 0.188. The zero-order valence-electron chi connectivity index (χ0n) is 14.5. The van der Waals surface area contributed by atoms with Gasteiger partial charge in [0.1, 0.15) is 11.5 Å². The predicted molar refractivity (Wildman–Crippen MR) is 99.7 cm³/mol. The smallest absolute Gasteiger partial charge is 0.271 e. The van der Waals surface area contributed by atoms with Gasteiger partial charge < -0.3 is 15.6 Å². The third-order valence-corrected chi connectivity index (χ3v) is 3.93. The maximum Gasteiger partial charge on any atom is 0.271 e. The summed E-state index contributed by atoms with van der Waals surface area (Å²) in [6, 6.07) is 8.25. The molecular formula is C19H23N5O. The van der Waals surface area contributed by atoms with E-state index in [-0.39, 0.29) is 5.91 Å². The molecule has 0 spiro atoms. The third-order valence-electron chi connectivity index (χ3n) is 3.93. The van der Waals surface area contributed by atoms with Crippen LogP contribution >= 0.6 is 0 Å². The molecule has 0 bridgehead atoms. The molecule has 130 valence electrons. The van der Waals surface area contributed by atoms with Crippen molar-refractivity contribution in [2.45, 2.75) is 20.3 Å². The molecule has 0 aliphatic carbocycles. The summed E-state index contributed by atoms with van der Waals surface area (Å²) >= 11 is 0. The van der Waals surface area contributed by atoms with Gasteiger partial charge in [0, 0.05) is 30.2 Å². The predicted octanol–water partition coefficient (Wildman–Crippen LogP) is 3.00. The van der Waals surface area contributed by atoms with Crippen molar-refractivity contribution in [1.82, 2.24) is 20.3 Å². The number of anilines is 1. The molecule has 0 saturated carbocycles. The average molecular weight is 337 g/mol. The van der Waals surface area contributed by atoms with Crippen molar-refractivity contribution in [3.63, 3.8) is 0 Å². The molecule has 0 saturated heterocycles. The van der Waals surface area contributed by atoms with Gasteiger partial charge >= 0.3 is 0 Å². The number of hydrogen-bond acceptors (Lipinski definition) is 4. The van der Waals surface area contributed by atoms with Crippen molar-refractivity contribution in [3.05, 3.63) is 54.1 Å². The third kappa shape index (κ3) is 4.35. The number of hydrogen-bond donors (Lipinski definition) is 3. The van der Waals surface area contributed by atoms with Gasteiger partial charge in [0.05, 0.1) is 12.4 Å². The van der Waals surface area contributed by atoms with Crippen molar-refractivity contribution < 1.29 is 4.79 Å².